The minimum absolute atomic E-state index is 0.00751. The van der Waals surface area contributed by atoms with Crippen molar-refractivity contribution in [3.05, 3.63) is 57.2 Å². The fraction of sp³-hybridized carbons (Fsp3) is 0.391. The standard InChI is InChI=1S/C23H27N7OS/c1-14-10-15(2)25-23(24-14)29-21-11-20(26-16(3)27-21)18-6-5-9-30(12-18)22(31)8-7-19-13-32-17(4)28-19/h7-8,10-11,13,18H,5-6,9,12H2,1-4H3,(H,24,25,26,27,29)/b8-7+/t18-/m0/s1. The summed E-state index contributed by atoms with van der Waals surface area (Å²) in [5, 5.41) is 6.15. The molecule has 0 unspecified atom stereocenters. The SMILES string of the molecule is Cc1cc(C)nc(Nc2cc([C@H]3CCCN(C(=O)/C=C/c4csc(C)n4)C3)nc(C)n2)n1. The Morgan fingerprint density at radius 2 is 1.88 bits per heavy atom. The number of amides is 1. The highest BCUT2D eigenvalue weighted by atomic mass is 32.1. The highest BCUT2D eigenvalue weighted by Crippen LogP contribution is 2.28. The van der Waals surface area contributed by atoms with Gasteiger partial charge in [-0.1, -0.05) is 0 Å². The zero-order valence-corrected chi connectivity index (χ0v) is 19.6. The van der Waals surface area contributed by atoms with Crippen LogP contribution < -0.4 is 5.32 Å². The largest absolute Gasteiger partial charge is 0.338 e. The van der Waals surface area contributed by atoms with Gasteiger partial charge in [0.15, 0.2) is 0 Å². The van der Waals surface area contributed by atoms with Gasteiger partial charge in [-0.3, -0.25) is 4.79 Å². The van der Waals surface area contributed by atoms with Gasteiger partial charge in [-0.25, -0.2) is 24.9 Å². The molecule has 0 radical (unpaired) electrons. The molecule has 0 aliphatic carbocycles. The topological polar surface area (TPSA) is 96.8 Å². The molecule has 1 fully saturated rings. The van der Waals surface area contributed by atoms with Crippen molar-refractivity contribution in [3.63, 3.8) is 0 Å². The minimum Gasteiger partial charge on any atom is -0.338 e. The molecule has 1 N–H and O–H groups in total. The van der Waals surface area contributed by atoms with Crippen LogP contribution in [-0.4, -0.2) is 48.8 Å². The Kier molecular flexibility index (Phi) is 6.55. The number of aryl methyl sites for hydroxylation is 4. The maximum absolute atomic E-state index is 12.7. The van der Waals surface area contributed by atoms with Crippen LogP contribution in [0.4, 0.5) is 11.8 Å². The van der Waals surface area contributed by atoms with E-state index in [0.29, 0.717) is 24.1 Å². The predicted molar refractivity (Wildman–Crippen MR) is 126 cm³/mol. The van der Waals surface area contributed by atoms with E-state index in [0.717, 1.165) is 47.2 Å². The lowest BCUT2D eigenvalue weighted by Crippen LogP contribution is -2.38. The van der Waals surface area contributed by atoms with Gasteiger partial charge in [-0.05, 0) is 52.7 Å². The summed E-state index contributed by atoms with van der Waals surface area (Å²) in [5.41, 5.74) is 3.55. The maximum atomic E-state index is 12.7. The first-order valence-electron chi connectivity index (χ1n) is 10.7. The van der Waals surface area contributed by atoms with Gasteiger partial charge in [0.2, 0.25) is 11.9 Å². The molecule has 1 saturated heterocycles. The lowest BCUT2D eigenvalue weighted by molar-refractivity contribution is -0.127. The molecule has 32 heavy (non-hydrogen) atoms. The van der Waals surface area contributed by atoms with Crippen molar-refractivity contribution in [2.75, 3.05) is 18.4 Å². The van der Waals surface area contributed by atoms with Crippen LogP contribution in [-0.2, 0) is 4.79 Å². The van der Waals surface area contributed by atoms with Gasteiger partial charge < -0.3 is 10.2 Å². The quantitative estimate of drug-likeness (QED) is 0.585. The summed E-state index contributed by atoms with van der Waals surface area (Å²) in [6.07, 6.45) is 5.32. The molecule has 0 saturated carbocycles. The van der Waals surface area contributed by atoms with E-state index in [2.05, 4.69) is 30.2 Å². The van der Waals surface area contributed by atoms with E-state index in [1.54, 1.807) is 23.5 Å². The number of nitrogens with zero attached hydrogens (tertiary/aromatic N) is 6. The van der Waals surface area contributed by atoms with Crippen molar-refractivity contribution < 1.29 is 4.79 Å². The number of hydrogen-bond donors (Lipinski definition) is 1. The molecule has 9 heteroatoms. The van der Waals surface area contributed by atoms with Crippen LogP contribution in [0.3, 0.4) is 0 Å². The second-order valence-electron chi connectivity index (χ2n) is 8.07. The Hall–Kier alpha value is -3.20. The number of anilines is 2. The van der Waals surface area contributed by atoms with Crippen LogP contribution in [0.15, 0.2) is 23.6 Å². The molecule has 0 spiro atoms. The maximum Gasteiger partial charge on any atom is 0.246 e. The van der Waals surface area contributed by atoms with Crippen molar-refractivity contribution >= 4 is 35.1 Å². The molecular formula is C23H27N7OS. The van der Waals surface area contributed by atoms with Crippen LogP contribution in [0.1, 0.15) is 52.4 Å². The molecule has 1 aliphatic rings. The number of hydrogen-bond acceptors (Lipinski definition) is 8. The third-order valence-corrected chi connectivity index (χ3v) is 6.06. The number of carbonyl (C=O) groups is 1. The average Bonchev–Trinajstić information content (AvgIpc) is 3.16. The zero-order valence-electron chi connectivity index (χ0n) is 18.8. The molecule has 3 aromatic rings. The predicted octanol–water partition coefficient (Wildman–Crippen LogP) is 4.12. The van der Waals surface area contributed by atoms with E-state index in [4.69, 9.17) is 0 Å². The van der Waals surface area contributed by atoms with Crippen molar-refractivity contribution in [3.8, 4) is 0 Å². The molecule has 1 amide bonds. The number of rotatable bonds is 5. The zero-order chi connectivity index (χ0) is 22.7. The van der Waals surface area contributed by atoms with Crippen molar-refractivity contribution in [1.82, 2.24) is 29.8 Å². The van der Waals surface area contributed by atoms with Gasteiger partial charge in [0.25, 0.3) is 0 Å². The summed E-state index contributed by atoms with van der Waals surface area (Å²) in [4.78, 5) is 37.1. The lowest BCUT2D eigenvalue weighted by atomic mass is 9.94. The Morgan fingerprint density at radius 3 is 2.59 bits per heavy atom. The Balaban J connectivity index is 1.48. The molecular weight excluding hydrogens is 422 g/mol. The second kappa shape index (κ2) is 9.52. The van der Waals surface area contributed by atoms with Crippen molar-refractivity contribution in [2.45, 2.75) is 46.5 Å². The summed E-state index contributed by atoms with van der Waals surface area (Å²) < 4.78 is 0. The lowest BCUT2D eigenvalue weighted by Gasteiger charge is -2.32. The van der Waals surface area contributed by atoms with E-state index in [9.17, 15) is 4.79 Å². The fourth-order valence-corrected chi connectivity index (χ4v) is 4.48. The number of likely N-dealkylation sites (tertiary alicyclic amines) is 1. The summed E-state index contributed by atoms with van der Waals surface area (Å²) in [6, 6.07) is 3.88. The van der Waals surface area contributed by atoms with Crippen molar-refractivity contribution in [2.24, 2.45) is 0 Å². The van der Waals surface area contributed by atoms with E-state index in [-0.39, 0.29) is 11.8 Å². The van der Waals surface area contributed by atoms with E-state index in [1.165, 1.54) is 0 Å². The van der Waals surface area contributed by atoms with E-state index >= 15 is 0 Å². The Morgan fingerprint density at radius 1 is 1.09 bits per heavy atom. The number of nitrogens with one attached hydrogen (secondary N) is 1. The summed E-state index contributed by atoms with van der Waals surface area (Å²) >= 11 is 1.58. The highest BCUT2D eigenvalue weighted by Gasteiger charge is 2.25. The number of thiazole rings is 1. The average molecular weight is 450 g/mol. The first kappa shape index (κ1) is 22.0. The Labute approximate surface area is 191 Å². The molecule has 0 bridgehead atoms. The first-order chi connectivity index (χ1) is 15.4. The normalized spacial score (nSPS) is 16.5. The highest BCUT2D eigenvalue weighted by molar-refractivity contribution is 7.09. The molecule has 8 nitrogen and oxygen atoms in total. The van der Waals surface area contributed by atoms with Gasteiger partial charge in [-0.15, -0.1) is 11.3 Å². The van der Waals surface area contributed by atoms with Gasteiger partial charge in [0.05, 0.1) is 16.4 Å². The summed E-state index contributed by atoms with van der Waals surface area (Å²) in [5.74, 6) is 2.03. The van der Waals surface area contributed by atoms with Crippen LogP contribution in [0.5, 0.6) is 0 Å². The molecule has 166 valence electrons. The molecule has 1 aliphatic heterocycles. The van der Waals surface area contributed by atoms with Crippen LogP contribution >= 0.6 is 11.3 Å². The Bertz CT molecular complexity index is 1140. The second-order valence-corrected chi connectivity index (χ2v) is 9.13. The number of aromatic nitrogens is 5. The monoisotopic (exact) mass is 449 g/mol. The minimum atomic E-state index is 0.00751. The molecule has 0 aromatic carbocycles. The molecule has 4 rings (SSSR count). The molecule has 1 atom stereocenters. The van der Waals surface area contributed by atoms with Crippen LogP contribution in [0.25, 0.3) is 6.08 Å². The molecule has 3 aromatic heterocycles. The third-order valence-electron chi connectivity index (χ3n) is 5.26. The number of piperidine rings is 1. The third kappa shape index (κ3) is 5.53. The van der Waals surface area contributed by atoms with Gasteiger partial charge in [0.1, 0.15) is 11.6 Å². The fourth-order valence-electron chi connectivity index (χ4n) is 3.90. The van der Waals surface area contributed by atoms with Crippen molar-refractivity contribution in [1.29, 1.82) is 0 Å². The van der Waals surface area contributed by atoms with E-state index < -0.39 is 0 Å². The van der Waals surface area contributed by atoms with Crippen LogP contribution in [0, 0.1) is 27.7 Å². The summed E-state index contributed by atoms with van der Waals surface area (Å²) in [7, 11) is 0. The summed E-state index contributed by atoms with van der Waals surface area (Å²) in [6.45, 7) is 9.10. The van der Waals surface area contributed by atoms with Gasteiger partial charge in [-0.2, -0.15) is 0 Å². The smallest absolute Gasteiger partial charge is 0.246 e. The first-order valence-corrected chi connectivity index (χ1v) is 11.6. The van der Waals surface area contributed by atoms with Crippen LogP contribution in [0.2, 0.25) is 0 Å². The molecule has 4 heterocycles. The number of carbonyl (C=O) groups excluding carboxylic acids is 1. The van der Waals surface area contributed by atoms with Gasteiger partial charge in [0, 0.05) is 47.9 Å². The van der Waals surface area contributed by atoms with E-state index in [1.807, 2.05) is 50.1 Å². The van der Waals surface area contributed by atoms with Gasteiger partial charge >= 0.3 is 0 Å².